The first kappa shape index (κ1) is 12.6. The summed E-state index contributed by atoms with van der Waals surface area (Å²) in [4.78, 5) is 2.50. The predicted molar refractivity (Wildman–Crippen MR) is 79.0 cm³/mol. The van der Waals surface area contributed by atoms with Crippen LogP contribution in [0, 0.1) is 29.6 Å². The van der Waals surface area contributed by atoms with Gasteiger partial charge in [-0.2, -0.15) is 0 Å². The zero-order valence-electron chi connectivity index (χ0n) is 12.6. The van der Waals surface area contributed by atoms with Crippen LogP contribution in [0.25, 0.3) is 0 Å². The predicted octanol–water partition coefficient (Wildman–Crippen LogP) is 2.74. The molecule has 0 amide bonds. The van der Waals surface area contributed by atoms with E-state index < -0.39 is 0 Å². The number of nitrogens with zero attached hydrogens (tertiary/aromatic N) is 1. The third-order valence-electron chi connectivity index (χ3n) is 6.74. The Labute approximate surface area is 118 Å². The summed E-state index contributed by atoms with van der Waals surface area (Å²) in [6.07, 6.45) is 9.12. The molecule has 5 aliphatic rings. The summed E-state index contributed by atoms with van der Waals surface area (Å²) in [5, 5.41) is 4.14. The SMILES string of the molecule is CC1CN(C)CCC1NC1C2CC3CC(C2)CC1C3. The molecular weight excluding hydrogens is 232 g/mol. The highest BCUT2D eigenvalue weighted by Crippen LogP contribution is 2.53. The van der Waals surface area contributed by atoms with E-state index in [2.05, 4.69) is 24.2 Å². The van der Waals surface area contributed by atoms with Crippen molar-refractivity contribution in [3.63, 3.8) is 0 Å². The van der Waals surface area contributed by atoms with Gasteiger partial charge in [0.15, 0.2) is 0 Å². The molecule has 0 spiro atoms. The molecule has 5 rings (SSSR count). The molecule has 1 heterocycles. The molecular formula is C17H30N2. The zero-order chi connectivity index (χ0) is 13.0. The lowest BCUT2D eigenvalue weighted by molar-refractivity contribution is -0.0235. The molecule has 2 atom stereocenters. The van der Waals surface area contributed by atoms with Gasteiger partial charge in [-0.05, 0) is 81.7 Å². The second-order valence-electron chi connectivity index (χ2n) is 8.26. The standard InChI is InChI=1S/C17H30N2/c1-11-10-19(2)4-3-16(11)18-17-14-6-12-5-13(8-14)9-15(17)7-12/h11-18H,3-10H2,1-2H3. The highest BCUT2D eigenvalue weighted by Gasteiger charge is 2.48. The van der Waals surface area contributed by atoms with Crippen LogP contribution < -0.4 is 5.32 Å². The van der Waals surface area contributed by atoms with Crippen molar-refractivity contribution in [3.8, 4) is 0 Å². The molecule has 4 bridgehead atoms. The summed E-state index contributed by atoms with van der Waals surface area (Å²) < 4.78 is 0. The fraction of sp³-hybridized carbons (Fsp3) is 1.00. The molecule has 2 nitrogen and oxygen atoms in total. The first-order chi connectivity index (χ1) is 9.19. The first-order valence-electron chi connectivity index (χ1n) is 8.63. The van der Waals surface area contributed by atoms with Gasteiger partial charge in [-0.15, -0.1) is 0 Å². The van der Waals surface area contributed by atoms with Crippen molar-refractivity contribution in [2.45, 2.75) is 57.5 Å². The maximum absolute atomic E-state index is 4.14. The summed E-state index contributed by atoms with van der Waals surface area (Å²) in [7, 11) is 2.27. The van der Waals surface area contributed by atoms with E-state index in [1.807, 2.05) is 0 Å². The average molecular weight is 262 g/mol. The van der Waals surface area contributed by atoms with Crippen LogP contribution in [0.1, 0.15) is 45.4 Å². The molecule has 0 aromatic rings. The summed E-state index contributed by atoms with van der Waals surface area (Å²) >= 11 is 0. The lowest BCUT2D eigenvalue weighted by Crippen LogP contribution is -2.59. The van der Waals surface area contributed by atoms with E-state index in [0.717, 1.165) is 41.7 Å². The highest BCUT2D eigenvalue weighted by molar-refractivity contribution is 5.02. The van der Waals surface area contributed by atoms with Crippen LogP contribution in [-0.4, -0.2) is 37.1 Å². The summed E-state index contributed by atoms with van der Waals surface area (Å²) in [5.41, 5.74) is 0. The monoisotopic (exact) mass is 262 g/mol. The van der Waals surface area contributed by atoms with E-state index in [-0.39, 0.29) is 0 Å². The molecule has 2 unspecified atom stereocenters. The molecule has 19 heavy (non-hydrogen) atoms. The van der Waals surface area contributed by atoms with Gasteiger partial charge in [0.25, 0.3) is 0 Å². The number of rotatable bonds is 2. The van der Waals surface area contributed by atoms with E-state index in [9.17, 15) is 0 Å². The molecule has 0 aromatic heterocycles. The van der Waals surface area contributed by atoms with Gasteiger partial charge in [-0.25, -0.2) is 0 Å². The Kier molecular flexibility index (Phi) is 3.15. The number of hydrogen-bond donors (Lipinski definition) is 1. The molecule has 4 aliphatic carbocycles. The van der Waals surface area contributed by atoms with E-state index >= 15 is 0 Å². The van der Waals surface area contributed by atoms with Gasteiger partial charge in [0.05, 0.1) is 0 Å². The van der Waals surface area contributed by atoms with Gasteiger partial charge in [0, 0.05) is 18.6 Å². The van der Waals surface area contributed by atoms with Gasteiger partial charge in [-0.3, -0.25) is 0 Å². The van der Waals surface area contributed by atoms with Crippen LogP contribution in [0.2, 0.25) is 0 Å². The Morgan fingerprint density at radius 1 is 0.947 bits per heavy atom. The maximum atomic E-state index is 4.14. The summed E-state index contributed by atoms with van der Waals surface area (Å²) in [5.74, 6) is 5.10. The van der Waals surface area contributed by atoms with Crippen molar-refractivity contribution in [2.24, 2.45) is 29.6 Å². The Bertz CT molecular complexity index is 312. The quantitative estimate of drug-likeness (QED) is 0.823. The molecule has 4 saturated carbocycles. The van der Waals surface area contributed by atoms with Crippen molar-refractivity contribution in [1.29, 1.82) is 0 Å². The Balaban J connectivity index is 1.43. The molecule has 5 fully saturated rings. The number of piperidine rings is 1. The molecule has 0 radical (unpaired) electrons. The van der Waals surface area contributed by atoms with Crippen LogP contribution in [0.3, 0.4) is 0 Å². The van der Waals surface area contributed by atoms with Gasteiger partial charge in [-0.1, -0.05) is 6.92 Å². The minimum Gasteiger partial charge on any atom is -0.310 e. The fourth-order valence-corrected chi connectivity index (χ4v) is 6.05. The molecule has 1 saturated heterocycles. The smallest absolute Gasteiger partial charge is 0.0127 e. The third-order valence-corrected chi connectivity index (χ3v) is 6.74. The Morgan fingerprint density at radius 2 is 1.58 bits per heavy atom. The molecule has 0 aromatic carbocycles. The van der Waals surface area contributed by atoms with E-state index in [0.29, 0.717) is 0 Å². The van der Waals surface area contributed by atoms with Crippen LogP contribution in [0.15, 0.2) is 0 Å². The van der Waals surface area contributed by atoms with Crippen LogP contribution in [0.4, 0.5) is 0 Å². The normalized spacial score (nSPS) is 53.7. The lowest BCUT2D eigenvalue weighted by atomic mass is 9.54. The molecule has 1 N–H and O–H groups in total. The van der Waals surface area contributed by atoms with Crippen LogP contribution in [-0.2, 0) is 0 Å². The lowest BCUT2D eigenvalue weighted by Gasteiger charge is -2.56. The van der Waals surface area contributed by atoms with Crippen molar-refractivity contribution in [1.82, 2.24) is 10.2 Å². The summed E-state index contributed by atoms with van der Waals surface area (Å²) in [6, 6.07) is 1.67. The number of likely N-dealkylation sites (tertiary alicyclic amines) is 1. The van der Waals surface area contributed by atoms with Crippen molar-refractivity contribution >= 4 is 0 Å². The first-order valence-corrected chi connectivity index (χ1v) is 8.63. The Hall–Kier alpha value is -0.0800. The second kappa shape index (κ2) is 4.73. The largest absolute Gasteiger partial charge is 0.310 e. The van der Waals surface area contributed by atoms with E-state index in [4.69, 9.17) is 0 Å². The van der Waals surface area contributed by atoms with Crippen molar-refractivity contribution in [3.05, 3.63) is 0 Å². The third kappa shape index (κ3) is 2.25. The summed E-state index contributed by atoms with van der Waals surface area (Å²) in [6.45, 7) is 5.02. The van der Waals surface area contributed by atoms with Gasteiger partial charge >= 0.3 is 0 Å². The zero-order valence-corrected chi connectivity index (χ0v) is 12.6. The molecule has 108 valence electrons. The average Bonchev–Trinajstić information content (AvgIpc) is 2.35. The number of hydrogen-bond acceptors (Lipinski definition) is 2. The van der Waals surface area contributed by atoms with Crippen LogP contribution >= 0.6 is 0 Å². The minimum atomic E-state index is 0.790. The van der Waals surface area contributed by atoms with E-state index in [1.54, 1.807) is 32.1 Å². The van der Waals surface area contributed by atoms with E-state index in [1.165, 1.54) is 19.5 Å². The number of nitrogens with one attached hydrogen (secondary N) is 1. The van der Waals surface area contributed by atoms with Crippen molar-refractivity contribution in [2.75, 3.05) is 20.1 Å². The Morgan fingerprint density at radius 3 is 2.16 bits per heavy atom. The van der Waals surface area contributed by atoms with Gasteiger partial charge in [0.1, 0.15) is 0 Å². The van der Waals surface area contributed by atoms with Gasteiger partial charge < -0.3 is 10.2 Å². The molecule has 2 heteroatoms. The topological polar surface area (TPSA) is 15.3 Å². The van der Waals surface area contributed by atoms with Gasteiger partial charge in [0.2, 0.25) is 0 Å². The van der Waals surface area contributed by atoms with Crippen LogP contribution in [0.5, 0.6) is 0 Å². The van der Waals surface area contributed by atoms with Crippen molar-refractivity contribution < 1.29 is 0 Å². The minimum absolute atomic E-state index is 0.790. The maximum Gasteiger partial charge on any atom is 0.0127 e. The fourth-order valence-electron chi connectivity index (χ4n) is 6.05. The molecule has 1 aliphatic heterocycles. The highest BCUT2D eigenvalue weighted by atomic mass is 15.1. The second-order valence-corrected chi connectivity index (χ2v) is 8.26.